The van der Waals surface area contributed by atoms with Gasteiger partial charge in [0.15, 0.2) is 0 Å². The van der Waals surface area contributed by atoms with Gasteiger partial charge < -0.3 is 10.4 Å². The van der Waals surface area contributed by atoms with Crippen molar-refractivity contribution < 1.29 is 9.50 Å². The zero-order valence-electron chi connectivity index (χ0n) is 12.4. The third-order valence-corrected chi connectivity index (χ3v) is 4.32. The fraction of sp³-hybridized carbons (Fsp3) is 0.625. The van der Waals surface area contributed by atoms with Gasteiger partial charge in [0.25, 0.3) is 0 Å². The molecule has 0 radical (unpaired) electrons. The Morgan fingerprint density at radius 2 is 2.10 bits per heavy atom. The van der Waals surface area contributed by atoms with E-state index in [1.54, 1.807) is 0 Å². The van der Waals surface area contributed by atoms with Gasteiger partial charge in [0.2, 0.25) is 0 Å². The van der Waals surface area contributed by atoms with Crippen molar-refractivity contribution in [1.82, 2.24) is 10.2 Å². The number of nitrogens with one attached hydrogen (secondary N) is 1. The number of phenolic OH excluding ortho intramolecular Hbond substituents is 1. The molecule has 1 aromatic carbocycles. The van der Waals surface area contributed by atoms with Crippen molar-refractivity contribution in [2.24, 2.45) is 5.92 Å². The van der Waals surface area contributed by atoms with E-state index in [2.05, 4.69) is 17.1 Å². The molecule has 0 amide bonds. The average molecular weight is 280 g/mol. The van der Waals surface area contributed by atoms with Crippen molar-refractivity contribution in [3.8, 4) is 5.75 Å². The maximum absolute atomic E-state index is 13.3. The summed E-state index contributed by atoms with van der Waals surface area (Å²) in [6.07, 6.45) is 2.32. The molecule has 1 fully saturated rings. The maximum atomic E-state index is 13.3. The second kappa shape index (κ2) is 7.04. The molecule has 1 aliphatic rings. The zero-order valence-corrected chi connectivity index (χ0v) is 12.4. The predicted molar refractivity (Wildman–Crippen MR) is 79.3 cm³/mol. The number of nitrogens with zero attached hydrogens (tertiary/aromatic N) is 1. The standard InChI is InChI=1S/C16H25FN2O/c1-3-18-11-13-6-8-19(9-7-13)12(2)15-10-14(17)4-5-16(15)20/h4-5,10,12-13,18,20H,3,6-9,11H2,1-2H3. The average Bonchev–Trinajstić information content (AvgIpc) is 2.47. The van der Waals surface area contributed by atoms with Crippen LogP contribution < -0.4 is 5.32 Å². The van der Waals surface area contributed by atoms with Gasteiger partial charge in [-0.05, 0) is 70.1 Å². The molecule has 2 N–H and O–H groups in total. The summed E-state index contributed by atoms with van der Waals surface area (Å²) >= 11 is 0. The molecule has 0 aliphatic carbocycles. The molecule has 0 bridgehead atoms. The van der Waals surface area contributed by atoms with Crippen LogP contribution in [0.3, 0.4) is 0 Å². The summed E-state index contributed by atoms with van der Waals surface area (Å²) in [7, 11) is 0. The Morgan fingerprint density at radius 3 is 2.75 bits per heavy atom. The SMILES string of the molecule is CCNCC1CCN(C(C)c2cc(F)ccc2O)CC1. The molecule has 1 saturated heterocycles. The van der Waals surface area contributed by atoms with Crippen molar-refractivity contribution in [3.05, 3.63) is 29.6 Å². The fourth-order valence-corrected chi connectivity index (χ4v) is 2.95. The topological polar surface area (TPSA) is 35.5 Å². The van der Waals surface area contributed by atoms with Crippen LogP contribution in [0.15, 0.2) is 18.2 Å². The summed E-state index contributed by atoms with van der Waals surface area (Å²) < 4.78 is 13.3. The number of piperidine rings is 1. The van der Waals surface area contributed by atoms with Crippen LogP contribution in [0.2, 0.25) is 0 Å². The van der Waals surface area contributed by atoms with E-state index >= 15 is 0 Å². The molecule has 2 rings (SSSR count). The van der Waals surface area contributed by atoms with Gasteiger partial charge in [0.05, 0.1) is 0 Å². The molecule has 4 heteroatoms. The van der Waals surface area contributed by atoms with E-state index in [9.17, 15) is 9.50 Å². The molecular formula is C16H25FN2O. The van der Waals surface area contributed by atoms with E-state index in [4.69, 9.17) is 0 Å². The number of hydrogen-bond donors (Lipinski definition) is 2. The van der Waals surface area contributed by atoms with E-state index in [-0.39, 0.29) is 17.6 Å². The number of halogens is 1. The minimum atomic E-state index is -0.285. The number of benzene rings is 1. The summed E-state index contributed by atoms with van der Waals surface area (Å²) in [5.74, 6) is 0.639. The maximum Gasteiger partial charge on any atom is 0.123 e. The summed E-state index contributed by atoms with van der Waals surface area (Å²) in [6, 6.07) is 4.25. The lowest BCUT2D eigenvalue weighted by Gasteiger charge is -2.36. The first kappa shape index (κ1) is 15.3. The highest BCUT2D eigenvalue weighted by atomic mass is 19.1. The lowest BCUT2D eigenvalue weighted by molar-refractivity contribution is 0.138. The molecular weight excluding hydrogens is 255 g/mol. The number of aromatic hydroxyl groups is 1. The first-order chi connectivity index (χ1) is 9.61. The Balaban J connectivity index is 1.94. The summed E-state index contributed by atoms with van der Waals surface area (Å²) in [5.41, 5.74) is 0.690. The third kappa shape index (κ3) is 3.70. The predicted octanol–water partition coefficient (Wildman–Crippen LogP) is 2.91. The zero-order chi connectivity index (χ0) is 14.5. The van der Waals surface area contributed by atoms with Crippen LogP contribution in [-0.2, 0) is 0 Å². The van der Waals surface area contributed by atoms with Gasteiger partial charge in [-0.3, -0.25) is 4.90 Å². The quantitative estimate of drug-likeness (QED) is 0.870. The van der Waals surface area contributed by atoms with Gasteiger partial charge in [0, 0.05) is 11.6 Å². The van der Waals surface area contributed by atoms with Crippen molar-refractivity contribution in [2.75, 3.05) is 26.2 Å². The van der Waals surface area contributed by atoms with Crippen LogP contribution >= 0.6 is 0 Å². The normalized spacial score (nSPS) is 19.1. The minimum absolute atomic E-state index is 0.0609. The van der Waals surface area contributed by atoms with Gasteiger partial charge in [-0.2, -0.15) is 0 Å². The van der Waals surface area contributed by atoms with Gasteiger partial charge in [0.1, 0.15) is 11.6 Å². The molecule has 1 aliphatic heterocycles. The number of rotatable bonds is 5. The van der Waals surface area contributed by atoms with Crippen LogP contribution in [0.5, 0.6) is 5.75 Å². The Bertz CT molecular complexity index is 430. The lowest BCUT2D eigenvalue weighted by atomic mass is 9.94. The second-order valence-electron chi connectivity index (χ2n) is 5.67. The number of likely N-dealkylation sites (tertiary alicyclic amines) is 1. The first-order valence-corrected chi connectivity index (χ1v) is 7.55. The monoisotopic (exact) mass is 280 g/mol. The minimum Gasteiger partial charge on any atom is -0.508 e. The smallest absolute Gasteiger partial charge is 0.123 e. The summed E-state index contributed by atoms with van der Waals surface area (Å²) in [6.45, 7) is 8.29. The first-order valence-electron chi connectivity index (χ1n) is 7.55. The van der Waals surface area contributed by atoms with Crippen LogP contribution in [0.4, 0.5) is 4.39 Å². The van der Waals surface area contributed by atoms with E-state index in [0.717, 1.165) is 44.9 Å². The van der Waals surface area contributed by atoms with Crippen LogP contribution in [-0.4, -0.2) is 36.2 Å². The van der Waals surface area contributed by atoms with Crippen molar-refractivity contribution in [3.63, 3.8) is 0 Å². The molecule has 1 aromatic rings. The molecule has 0 aromatic heterocycles. The van der Waals surface area contributed by atoms with Crippen LogP contribution in [0.1, 0.15) is 38.3 Å². The van der Waals surface area contributed by atoms with Gasteiger partial charge in [-0.25, -0.2) is 4.39 Å². The third-order valence-electron chi connectivity index (χ3n) is 4.32. The molecule has 1 heterocycles. The van der Waals surface area contributed by atoms with Crippen molar-refractivity contribution >= 4 is 0 Å². The molecule has 112 valence electrons. The van der Waals surface area contributed by atoms with E-state index in [1.165, 1.54) is 18.2 Å². The number of phenols is 1. The Labute approximate surface area is 120 Å². The van der Waals surface area contributed by atoms with Crippen LogP contribution in [0, 0.1) is 11.7 Å². The Morgan fingerprint density at radius 1 is 1.40 bits per heavy atom. The Hall–Kier alpha value is -1.13. The molecule has 0 spiro atoms. The van der Waals surface area contributed by atoms with E-state index in [0.29, 0.717) is 5.56 Å². The van der Waals surface area contributed by atoms with Gasteiger partial charge in [-0.1, -0.05) is 6.92 Å². The Kier molecular flexibility index (Phi) is 5.38. The number of hydrogen-bond acceptors (Lipinski definition) is 3. The van der Waals surface area contributed by atoms with Gasteiger partial charge in [-0.15, -0.1) is 0 Å². The highest BCUT2D eigenvalue weighted by Crippen LogP contribution is 2.31. The summed E-state index contributed by atoms with van der Waals surface area (Å²) in [4.78, 5) is 2.33. The van der Waals surface area contributed by atoms with Crippen molar-refractivity contribution in [2.45, 2.75) is 32.7 Å². The highest BCUT2D eigenvalue weighted by molar-refractivity contribution is 5.35. The van der Waals surface area contributed by atoms with Crippen molar-refractivity contribution in [1.29, 1.82) is 0 Å². The molecule has 0 saturated carbocycles. The van der Waals surface area contributed by atoms with Crippen LogP contribution in [0.25, 0.3) is 0 Å². The van der Waals surface area contributed by atoms with E-state index < -0.39 is 0 Å². The fourth-order valence-electron chi connectivity index (χ4n) is 2.95. The molecule has 20 heavy (non-hydrogen) atoms. The second-order valence-corrected chi connectivity index (χ2v) is 5.67. The largest absolute Gasteiger partial charge is 0.508 e. The molecule has 1 atom stereocenters. The molecule has 3 nitrogen and oxygen atoms in total. The summed E-state index contributed by atoms with van der Waals surface area (Å²) in [5, 5.41) is 13.3. The van der Waals surface area contributed by atoms with Gasteiger partial charge >= 0.3 is 0 Å². The highest BCUT2D eigenvalue weighted by Gasteiger charge is 2.24. The van der Waals surface area contributed by atoms with E-state index in [1.807, 2.05) is 6.92 Å². The lowest BCUT2D eigenvalue weighted by Crippen LogP contribution is -2.38. The molecule has 1 unspecified atom stereocenters.